The lowest BCUT2D eigenvalue weighted by atomic mass is 10.1. The molecule has 1 amide bonds. The van der Waals surface area contributed by atoms with E-state index < -0.39 is 0 Å². The molecule has 1 aromatic carbocycles. The third-order valence-electron chi connectivity index (χ3n) is 3.96. The second-order valence-corrected chi connectivity index (χ2v) is 6.87. The molecule has 0 saturated carbocycles. The van der Waals surface area contributed by atoms with E-state index in [1.54, 1.807) is 0 Å². The SMILES string of the molecule is Cc1nc(NC(=O)c2ccc(=O)[nH]c2)sc1Cc1ccc2c(c1)OCO2. The number of benzene rings is 1. The Bertz CT molecular complexity index is 1020. The van der Waals surface area contributed by atoms with Crippen LogP contribution >= 0.6 is 11.3 Å². The fourth-order valence-electron chi connectivity index (χ4n) is 2.60. The Kier molecular flexibility index (Phi) is 4.18. The van der Waals surface area contributed by atoms with Crippen LogP contribution in [0, 0.1) is 6.92 Å². The summed E-state index contributed by atoms with van der Waals surface area (Å²) >= 11 is 1.43. The molecule has 132 valence electrons. The number of carbonyl (C=O) groups is 1. The van der Waals surface area contributed by atoms with Crippen LogP contribution in [0.4, 0.5) is 5.13 Å². The molecular weight excluding hydrogens is 354 g/mol. The molecule has 7 nitrogen and oxygen atoms in total. The summed E-state index contributed by atoms with van der Waals surface area (Å²) in [5.74, 6) is 1.18. The van der Waals surface area contributed by atoms with Gasteiger partial charge in [0.05, 0.1) is 11.3 Å². The predicted molar refractivity (Wildman–Crippen MR) is 97.2 cm³/mol. The molecule has 3 heterocycles. The summed E-state index contributed by atoms with van der Waals surface area (Å²) in [5, 5.41) is 3.29. The zero-order valence-electron chi connectivity index (χ0n) is 13.9. The number of nitrogens with one attached hydrogen (secondary N) is 2. The molecule has 2 N–H and O–H groups in total. The molecule has 8 heteroatoms. The molecule has 0 saturated heterocycles. The number of rotatable bonds is 4. The van der Waals surface area contributed by atoms with Gasteiger partial charge in [-0.15, -0.1) is 11.3 Å². The minimum atomic E-state index is -0.315. The number of ether oxygens (including phenoxy) is 2. The van der Waals surface area contributed by atoms with Crippen LogP contribution in [0.5, 0.6) is 11.5 Å². The zero-order valence-corrected chi connectivity index (χ0v) is 14.7. The van der Waals surface area contributed by atoms with E-state index in [0.717, 1.165) is 27.6 Å². The normalized spacial score (nSPS) is 12.2. The number of pyridine rings is 1. The van der Waals surface area contributed by atoms with Gasteiger partial charge in [-0.1, -0.05) is 6.07 Å². The first kappa shape index (κ1) is 16.3. The monoisotopic (exact) mass is 369 g/mol. The van der Waals surface area contributed by atoms with Crippen LogP contribution in [0.3, 0.4) is 0 Å². The topological polar surface area (TPSA) is 93.3 Å². The average Bonchev–Trinajstić information content (AvgIpc) is 3.22. The van der Waals surface area contributed by atoms with Gasteiger partial charge < -0.3 is 14.5 Å². The van der Waals surface area contributed by atoms with Crippen LogP contribution < -0.4 is 20.3 Å². The van der Waals surface area contributed by atoms with Gasteiger partial charge in [0.2, 0.25) is 12.4 Å². The van der Waals surface area contributed by atoms with Gasteiger partial charge >= 0.3 is 0 Å². The minimum Gasteiger partial charge on any atom is -0.454 e. The molecule has 0 bridgehead atoms. The van der Waals surface area contributed by atoms with Gasteiger partial charge in [-0.25, -0.2) is 4.98 Å². The Morgan fingerprint density at radius 2 is 2.12 bits per heavy atom. The average molecular weight is 369 g/mol. The summed E-state index contributed by atoms with van der Waals surface area (Å²) < 4.78 is 10.7. The first-order valence-electron chi connectivity index (χ1n) is 7.93. The third kappa shape index (κ3) is 3.31. The lowest BCUT2D eigenvalue weighted by molar-refractivity contribution is 0.102. The van der Waals surface area contributed by atoms with Crippen molar-refractivity contribution in [2.75, 3.05) is 12.1 Å². The Hall–Kier alpha value is -3.13. The van der Waals surface area contributed by atoms with E-state index in [1.165, 1.54) is 29.7 Å². The van der Waals surface area contributed by atoms with Gasteiger partial charge in [0.15, 0.2) is 16.6 Å². The molecule has 1 aliphatic heterocycles. The number of H-pyrrole nitrogens is 1. The maximum absolute atomic E-state index is 12.2. The van der Waals surface area contributed by atoms with Crippen molar-refractivity contribution in [3.63, 3.8) is 0 Å². The Balaban J connectivity index is 1.49. The molecule has 3 aromatic rings. The van der Waals surface area contributed by atoms with Crippen LogP contribution in [-0.2, 0) is 6.42 Å². The van der Waals surface area contributed by atoms with Crippen molar-refractivity contribution in [3.05, 3.63) is 68.6 Å². The number of nitrogens with zero attached hydrogens (tertiary/aromatic N) is 1. The highest BCUT2D eigenvalue weighted by molar-refractivity contribution is 7.15. The smallest absolute Gasteiger partial charge is 0.258 e. The zero-order chi connectivity index (χ0) is 18.1. The standard InChI is InChI=1S/C18H15N3O4S/c1-10-15(7-11-2-4-13-14(6-11)25-9-24-13)26-18(20-10)21-17(23)12-3-5-16(22)19-8-12/h2-6,8H,7,9H2,1H3,(H,19,22)(H,20,21,23). The number of aromatic nitrogens is 2. The number of aryl methyl sites for hydroxylation is 1. The molecule has 0 unspecified atom stereocenters. The van der Waals surface area contributed by atoms with Gasteiger partial charge in [-0.2, -0.15) is 0 Å². The Morgan fingerprint density at radius 3 is 2.92 bits per heavy atom. The van der Waals surface area contributed by atoms with Crippen molar-refractivity contribution >= 4 is 22.4 Å². The quantitative estimate of drug-likeness (QED) is 0.738. The van der Waals surface area contributed by atoms with Crippen LogP contribution in [0.2, 0.25) is 0 Å². The molecule has 0 atom stereocenters. The summed E-state index contributed by atoms with van der Waals surface area (Å²) in [5.41, 5.74) is 2.07. The number of amides is 1. The van der Waals surface area contributed by atoms with Crippen molar-refractivity contribution in [2.24, 2.45) is 0 Å². The first-order chi connectivity index (χ1) is 12.6. The third-order valence-corrected chi connectivity index (χ3v) is 5.03. The molecule has 1 aliphatic rings. The molecular formula is C18H15N3O4S. The number of hydrogen-bond donors (Lipinski definition) is 2. The van der Waals surface area contributed by atoms with Crippen LogP contribution in [-0.4, -0.2) is 22.7 Å². The van der Waals surface area contributed by atoms with Gasteiger partial charge in [0, 0.05) is 23.6 Å². The van der Waals surface area contributed by atoms with Crippen molar-refractivity contribution in [2.45, 2.75) is 13.3 Å². The predicted octanol–water partition coefficient (Wildman–Crippen LogP) is 2.71. The Labute approximate surface area is 152 Å². The van der Waals surface area contributed by atoms with Crippen molar-refractivity contribution in [1.29, 1.82) is 0 Å². The summed E-state index contributed by atoms with van der Waals surface area (Å²) in [4.78, 5) is 31.3. The van der Waals surface area contributed by atoms with E-state index in [4.69, 9.17) is 9.47 Å². The molecule has 0 spiro atoms. The maximum Gasteiger partial charge on any atom is 0.258 e. The number of fused-ring (bicyclic) bond motifs is 1. The highest BCUT2D eigenvalue weighted by Gasteiger charge is 2.16. The summed E-state index contributed by atoms with van der Waals surface area (Å²) in [6.45, 7) is 2.16. The number of anilines is 1. The minimum absolute atomic E-state index is 0.249. The van der Waals surface area contributed by atoms with Gasteiger partial charge in [-0.3, -0.25) is 14.9 Å². The largest absolute Gasteiger partial charge is 0.454 e. The second-order valence-electron chi connectivity index (χ2n) is 5.79. The Morgan fingerprint density at radius 1 is 1.27 bits per heavy atom. The lowest BCUT2D eigenvalue weighted by Crippen LogP contribution is -2.14. The van der Waals surface area contributed by atoms with E-state index in [-0.39, 0.29) is 18.3 Å². The fourth-order valence-corrected chi connectivity index (χ4v) is 3.59. The van der Waals surface area contributed by atoms with Gasteiger partial charge in [-0.05, 0) is 30.7 Å². The number of hydrogen-bond acceptors (Lipinski definition) is 6. The van der Waals surface area contributed by atoms with Crippen molar-refractivity contribution in [1.82, 2.24) is 9.97 Å². The van der Waals surface area contributed by atoms with E-state index in [2.05, 4.69) is 15.3 Å². The molecule has 26 heavy (non-hydrogen) atoms. The highest BCUT2D eigenvalue weighted by atomic mass is 32.1. The van der Waals surface area contributed by atoms with E-state index in [0.29, 0.717) is 17.1 Å². The number of carbonyl (C=O) groups excluding carboxylic acids is 1. The molecule has 2 aromatic heterocycles. The molecule has 0 radical (unpaired) electrons. The van der Waals surface area contributed by atoms with E-state index >= 15 is 0 Å². The maximum atomic E-state index is 12.2. The summed E-state index contributed by atoms with van der Waals surface area (Å²) in [7, 11) is 0. The number of thiazole rings is 1. The number of aromatic amines is 1. The lowest BCUT2D eigenvalue weighted by Gasteiger charge is -2.02. The van der Waals surface area contributed by atoms with Crippen LogP contribution in [0.15, 0.2) is 41.3 Å². The summed E-state index contributed by atoms with van der Waals surface area (Å²) in [6.07, 6.45) is 2.07. The van der Waals surface area contributed by atoms with Crippen molar-refractivity contribution in [3.8, 4) is 11.5 Å². The highest BCUT2D eigenvalue weighted by Crippen LogP contribution is 2.34. The fraction of sp³-hybridized carbons (Fsp3) is 0.167. The first-order valence-corrected chi connectivity index (χ1v) is 8.75. The second kappa shape index (κ2) is 6.64. The molecule has 4 rings (SSSR count). The van der Waals surface area contributed by atoms with Crippen molar-refractivity contribution < 1.29 is 14.3 Å². The summed E-state index contributed by atoms with van der Waals surface area (Å²) in [6, 6.07) is 8.63. The van der Waals surface area contributed by atoms with Crippen LogP contribution in [0.1, 0.15) is 26.5 Å². The van der Waals surface area contributed by atoms with Gasteiger partial charge in [0.1, 0.15) is 0 Å². The van der Waals surface area contributed by atoms with Gasteiger partial charge in [0.25, 0.3) is 5.91 Å². The molecule has 0 aliphatic carbocycles. The van der Waals surface area contributed by atoms with E-state index in [1.807, 2.05) is 25.1 Å². The molecule has 0 fully saturated rings. The van der Waals surface area contributed by atoms with Crippen LogP contribution in [0.25, 0.3) is 0 Å². The van der Waals surface area contributed by atoms with E-state index in [9.17, 15) is 9.59 Å².